The number of hydrogen-bond acceptors (Lipinski definition) is 6. The van der Waals surface area contributed by atoms with Crippen LogP contribution in [0.5, 0.6) is 0 Å². The molecule has 2 aromatic heterocycles. The van der Waals surface area contributed by atoms with E-state index >= 15 is 0 Å². The lowest BCUT2D eigenvalue weighted by Crippen LogP contribution is -2.04. The van der Waals surface area contributed by atoms with Crippen LogP contribution in [0.25, 0.3) is 22.5 Å². The van der Waals surface area contributed by atoms with Gasteiger partial charge in [-0.15, -0.1) is 0 Å². The second kappa shape index (κ2) is 8.12. The Hall–Kier alpha value is -4.07. The fourth-order valence-corrected chi connectivity index (χ4v) is 3.14. The van der Waals surface area contributed by atoms with Crippen LogP contribution in [0.15, 0.2) is 67.0 Å². The number of nitro benzene ring substituents is 1. The van der Waals surface area contributed by atoms with Crippen LogP contribution in [0.1, 0.15) is 11.3 Å². The molecular formula is C22H20N6O2. The van der Waals surface area contributed by atoms with E-state index in [1.54, 1.807) is 16.8 Å². The smallest absolute Gasteiger partial charge is 0.269 e. The van der Waals surface area contributed by atoms with Crippen molar-refractivity contribution >= 4 is 11.5 Å². The molecule has 0 aliphatic rings. The second-order valence-electron chi connectivity index (χ2n) is 6.98. The minimum absolute atomic E-state index is 0.0400. The fraction of sp³-hybridized carbons (Fsp3) is 0.136. The van der Waals surface area contributed by atoms with Gasteiger partial charge in [0.15, 0.2) is 5.82 Å². The normalized spacial score (nSPS) is 10.7. The summed E-state index contributed by atoms with van der Waals surface area (Å²) in [5.74, 6) is 1.22. The maximum absolute atomic E-state index is 10.9. The van der Waals surface area contributed by atoms with Gasteiger partial charge in [-0.2, -0.15) is 5.10 Å². The first-order chi connectivity index (χ1) is 14.5. The van der Waals surface area contributed by atoms with Gasteiger partial charge in [-0.3, -0.25) is 14.8 Å². The molecule has 2 aromatic carbocycles. The lowest BCUT2D eigenvalue weighted by molar-refractivity contribution is -0.384. The van der Waals surface area contributed by atoms with Gasteiger partial charge in [0.25, 0.3) is 5.69 Å². The van der Waals surface area contributed by atoms with Gasteiger partial charge in [-0.05, 0) is 36.2 Å². The maximum Gasteiger partial charge on any atom is 0.269 e. The van der Waals surface area contributed by atoms with Crippen LogP contribution >= 0.6 is 0 Å². The molecule has 2 heterocycles. The number of nitrogens with zero attached hydrogens (tertiary/aromatic N) is 5. The molecular weight excluding hydrogens is 380 g/mol. The number of aromatic nitrogens is 4. The van der Waals surface area contributed by atoms with Gasteiger partial charge < -0.3 is 5.32 Å². The van der Waals surface area contributed by atoms with Crippen molar-refractivity contribution in [3.05, 3.63) is 88.4 Å². The van der Waals surface area contributed by atoms with Crippen LogP contribution in [-0.2, 0) is 13.6 Å². The highest BCUT2D eigenvalue weighted by Gasteiger charge is 2.09. The minimum Gasteiger partial charge on any atom is -0.366 e. The van der Waals surface area contributed by atoms with Crippen LogP contribution in [0.4, 0.5) is 11.5 Å². The summed E-state index contributed by atoms with van der Waals surface area (Å²) in [5, 5.41) is 18.4. The van der Waals surface area contributed by atoms with Crippen molar-refractivity contribution in [2.24, 2.45) is 7.05 Å². The molecule has 0 radical (unpaired) electrons. The predicted molar refractivity (Wildman–Crippen MR) is 115 cm³/mol. The number of nitrogens with one attached hydrogen (secondary N) is 1. The minimum atomic E-state index is -0.423. The molecule has 0 aliphatic heterocycles. The Kier molecular flexibility index (Phi) is 5.21. The van der Waals surface area contributed by atoms with E-state index in [1.807, 2.05) is 38.5 Å². The van der Waals surface area contributed by atoms with Gasteiger partial charge in [0, 0.05) is 54.8 Å². The monoisotopic (exact) mass is 400 g/mol. The van der Waals surface area contributed by atoms with Gasteiger partial charge in [-0.25, -0.2) is 9.97 Å². The van der Waals surface area contributed by atoms with Crippen molar-refractivity contribution in [3.8, 4) is 22.5 Å². The number of rotatable bonds is 6. The number of benzene rings is 2. The first-order valence-electron chi connectivity index (χ1n) is 9.40. The van der Waals surface area contributed by atoms with Gasteiger partial charge in [0.1, 0.15) is 5.82 Å². The van der Waals surface area contributed by atoms with Crippen molar-refractivity contribution in [3.63, 3.8) is 0 Å². The maximum atomic E-state index is 10.9. The van der Waals surface area contributed by atoms with Gasteiger partial charge in [0.05, 0.1) is 11.1 Å². The number of hydrogen-bond donors (Lipinski definition) is 1. The summed E-state index contributed by atoms with van der Waals surface area (Å²) in [6.07, 6.45) is 3.83. The molecule has 0 spiro atoms. The molecule has 0 fully saturated rings. The Morgan fingerprint density at radius 3 is 2.53 bits per heavy atom. The summed E-state index contributed by atoms with van der Waals surface area (Å²) in [6, 6.07) is 16.4. The molecule has 0 atom stereocenters. The molecule has 0 amide bonds. The predicted octanol–water partition coefficient (Wildman–Crippen LogP) is 4.37. The van der Waals surface area contributed by atoms with E-state index in [1.165, 1.54) is 12.1 Å². The van der Waals surface area contributed by atoms with E-state index in [2.05, 4.69) is 38.6 Å². The van der Waals surface area contributed by atoms with Gasteiger partial charge in [-0.1, -0.05) is 18.2 Å². The summed E-state index contributed by atoms with van der Waals surface area (Å²) in [6.45, 7) is 2.50. The molecule has 0 saturated heterocycles. The Labute approximate surface area is 173 Å². The number of aryl methyl sites for hydroxylation is 2. The summed E-state index contributed by atoms with van der Waals surface area (Å²) in [7, 11) is 1.90. The standard InChI is InChI=1S/C22H20N6O2/c1-15-10-21(26-22(25-15)17-6-8-20(9-7-17)28(29)30)23-12-16-4-3-5-18(11-16)19-13-24-27(2)14-19/h3-11,13-14H,12H2,1-2H3,(H,23,25,26). The zero-order chi connectivity index (χ0) is 21.1. The van der Waals surface area contributed by atoms with E-state index < -0.39 is 4.92 Å². The highest BCUT2D eigenvalue weighted by atomic mass is 16.6. The Morgan fingerprint density at radius 2 is 1.83 bits per heavy atom. The third kappa shape index (κ3) is 4.33. The largest absolute Gasteiger partial charge is 0.366 e. The van der Waals surface area contributed by atoms with Gasteiger partial charge in [0.2, 0.25) is 0 Å². The van der Waals surface area contributed by atoms with Gasteiger partial charge >= 0.3 is 0 Å². The Morgan fingerprint density at radius 1 is 1.03 bits per heavy atom. The molecule has 0 aliphatic carbocycles. The van der Waals surface area contributed by atoms with E-state index in [-0.39, 0.29) is 5.69 Å². The van der Waals surface area contributed by atoms with E-state index in [9.17, 15) is 10.1 Å². The highest BCUT2D eigenvalue weighted by Crippen LogP contribution is 2.23. The van der Waals surface area contributed by atoms with Crippen molar-refractivity contribution in [1.29, 1.82) is 0 Å². The van der Waals surface area contributed by atoms with Crippen LogP contribution < -0.4 is 5.32 Å². The Balaban J connectivity index is 1.52. The average Bonchev–Trinajstić information content (AvgIpc) is 3.18. The van der Waals surface area contributed by atoms with E-state index in [4.69, 9.17) is 0 Å². The lowest BCUT2D eigenvalue weighted by atomic mass is 10.1. The van der Waals surface area contributed by atoms with Crippen LogP contribution in [0.2, 0.25) is 0 Å². The molecule has 150 valence electrons. The summed E-state index contributed by atoms with van der Waals surface area (Å²) in [4.78, 5) is 19.5. The van der Waals surface area contributed by atoms with E-state index in [0.717, 1.165) is 27.9 Å². The first-order valence-corrected chi connectivity index (χ1v) is 9.40. The third-order valence-corrected chi connectivity index (χ3v) is 4.63. The molecule has 30 heavy (non-hydrogen) atoms. The van der Waals surface area contributed by atoms with Crippen LogP contribution in [0.3, 0.4) is 0 Å². The molecule has 1 N–H and O–H groups in total. The first kappa shape index (κ1) is 19.3. The third-order valence-electron chi connectivity index (χ3n) is 4.63. The number of anilines is 1. The molecule has 0 saturated carbocycles. The molecule has 0 bridgehead atoms. The van der Waals surface area contributed by atoms with Crippen LogP contribution in [0, 0.1) is 17.0 Å². The molecule has 4 aromatic rings. The molecule has 4 rings (SSSR count). The average molecular weight is 400 g/mol. The summed E-state index contributed by atoms with van der Waals surface area (Å²) in [5.41, 5.74) is 4.86. The topological polar surface area (TPSA) is 98.8 Å². The van der Waals surface area contributed by atoms with Crippen LogP contribution in [-0.4, -0.2) is 24.7 Å². The quantitative estimate of drug-likeness (QED) is 0.381. The SMILES string of the molecule is Cc1cc(NCc2cccc(-c3cnn(C)c3)c2)nc(-c2ccc([N+](=O)[O-])cc2)n1. The zero-order valence-electron chi connectivity index (χ0n) is 16.6. The van der Waals surface area contributed by atoms with Crippen molar-refractivity contribution < 1.29 is 4.92 Å². The summed E-state index contributed by atoms with van der Waals surface area (Å²) >= 11 is 0. The zero-order valence-corrected chi connectivity index (χ0v) is 16.6. The molecule has 0 unspecified atom stereocenters. The highest BCUT2D eigenvalue weighted by molar-refractivity contribution is 5.63. The number of non-ortho nitro benzene ring substituents is 1. The lowest BCUT2D eigenvalue weighted by Gasteiger charge is -2.10. The summed E-state index contributed by atoms with van der Waals surface area (Å²) < 4.78 is 1.78. The number of nitro groups is 1. The molecule has 8 nitrogen and oxygen atoms in total. The van der Waals surface area contributed by atoms with E-state index in [0.29, 0.717) is 18.2 Å². The fourth-order valence-electron chi connectivity index (χ4n) is 3.14. The van der Waals surface area contributed by atoms with Crippen molar-refractivity contribution in [2.75, 3.05) is 5.32 Å². The van der Waals surface area contributed by atoms with Crippen molar-refractivity contribution in [2.45, 2.75) is 13.5 Å². The second-order valence-corrected chi connectivity index (χ2v) is 6.98. The van der Waals surface area contributed by atoms with Crippen molar-refractivity contribution in [1.82, 2.24) is 19.7 Å². The molecule has 8 heteroatoms. The Bertz CT molecular complexity index is 1200.